The average Bonchev–Trinajstić information content (AvgIpc) is 3.63. The molecule has 2 atom stereocenters. The number of hydrogen-bond acceptors (Lipinski definition) is 14. The minimum Gasteiger partial charge on any atom is -0.480 e. The van der Waals surface area contributed by atoms with Crippen molar-refractivity contribution in [3.05, 3.63) is 29.6 Å². The van der Waals surface area contributed by atoms with Crippen molar-refractivity contribution >= 4 is 48.7 Å². The molecule has 1 aromatic heterocycles. The Kier molecular flexibility index (Phi) is 19.0. The Morgan fingerprint density at radius 1 is 0.750 bits per heavy atom. The largest absolute Gasteiger partial charge is 0.480 e. The Hall–Kier alpha value is -4.74. The van der Waals surface area contributed by atoms with Gasteiger partial charge in [0, 0.05) is 78.1 Å². The highest BCUT2D eigenvalue weighted by Crippen LogP contribution is 2.19. The minimum absolute atomic E-state index is 0.0408. The molecule has 8 N–H and O–H groups in total. The molecule has 0 radical (unpaired) electrons. The van der Waals surface area contributed by atoms with Crippen LogP contribution in [0.4, 0.5) is 0 Å². The number of rotatable bonds is 18. The van der Waals surface area contributed by atoms with E-state index in [9.17, 15) is 58.9 Å². The van der Waals surface area contributed by atoms with Crippen LogP contribution in [-0.2, 0) is 35.3 Å². The van der Waals surface area contributed by atoms with E-state index in [2.05, 4.69) is 20.9 Å². The summed E-state index contributed by atoms with van der Waals surface area (Å²) in [6, 6.07) is 2.17. The van der Waals surface area contributed by atoms with Crippen LogP contribution in [0.1, 0.15) is 48.7 Å². The van der Waals surface area contributed by atoms with Crippen LogP contribution in [0.5, 0.6) is 0 Å². The number of carbonyl (C=O) groups is 7. The zero-order valence-electron chi connectivity index (χ0n) is 31.7. The normalized spacial score (nSPS) is 18.6. The molecule has 2 fully saturated rings. The molecule has 2 saturated heterocycles. The van der Waals surface area contributed by atoms with E-state index < -0.39 is 48.8 Å². The van der Waals surface area contributed by atoms with Crippen LogP contribution in [0.15, 0.2) is 18.3 Å². The van der Waals surface area contributed by atoms with Gasteiger partial charge in [0.25, 0.3) is 5.91 Å². The summed E-state index contributed by atoms with van der Waals surface area (Å²) in [4.78, 5) is 97.5. The van der Waals surface area contributed by atoms with E-state index in [0.29, 0.717) is 44.6 Å². The van der Waals surface area contributed by atoms with E-state index in [1.807, 2.05) is 0 Å². The van der Waals surface area contributed by atoms with E-state index in [0.717, 1.165) is 0 Å². The number of amides is 4. The quantitative estimate of drug-likeness (QED) is 0.0523. The molecule has 310 valence electrons. The highest BCUT2D eigenvalue weighted by atomic mass is 16.4. The molecule has 2 aliphatic heterocycles. The van der Waals surface area contributed by atoms with Crippen LogP contribution < -0.4 is 16.0 Å². The van der Waals surface area contributed by atoms with Gasteiger partial charge in [-0.25, -0.2) is 0 Å². The summed E-state index contributed by atoms with van der Waals surface area (Å²) in [6.07, 6.45) is 2.85. The number of carboxylic acid groups (broad SMARTS) is 3. The van der Waals surface area contributed by atoms with Gasteiger partial charge >= 0.3 is 25.0 Å². The highest BCUT2D eigenvalue weighted by Gasteiger charge is 2.38. The van der Waals surface area contributed by atoms with Gasteiger partial charge in [0.2, 0.25) is 17.7 Å². The van der Waals surface area contributed by atoms with Crippen molar-refractivity contribution in [3.8, 4) is 0 Å². The van der Waals surface area contributed by atoms with Crippen LogP contribution in [-0.4, -0.2) is 207 Å². The Labute approximate surface area is 325 Å². The first-order chi connectivity index (χ1) is 26.6. The molecule has 3 heterocycles. The fraction of sp³-hybridized carbons (Fsp3) is 0.647. The molecule has 1 aromatic rings. The van der Waals surface area contributed by atoms with Crippen molar-refractivity contribution in [2.45, 2.75) is 51.1 Å². The number of nitrogens with zero attached hydrogens (tertiary/aromatic N) is 6. The van der Waals surface area contributed by atoms with Gasteiger partial charge in [-0.3, -0.25) is 58.1 Å². The fourth-order valence-electron chi connectivity index (χ4n) is 6.43. The van der Waals surface area contributed by atoms with Gasteiger partial charge in [0.1, 0.15) is 6.04 Å². The molecule has 0 aromatic carbocycles. The summed E-state index contributed by atoms with van der Waals surface area (Å²) in [7, 11) is -1.66. The molecule has 56 heavy (non-hydrogen) atoms. The summed E-state index contributed by atoms with van der Waals surface area (Å²) < 4.78 is 0. The van der Waals surface area contributed by atoms with Crippen LogP contribution in [0, 0.1) is 0 Å². The molecule has 21 nitrogen and oxygen atoms in total. The Morgan fingerprint density at radius 3 is 1.73 bits per heavy atom. The minimum atomic E-state index is -1.66. The molecule has 22 heteroatoms. The first-order valence-corrected chi connectivity index (χ1v) is 18.6. The van der Waals surface area contributed by atoms with Crippen LogP contribution in [0.3, 0.4) is 0 Å². The number of aromatic nitrogens is 1. The van der Waals surface area contributed by atoms with Gasteiger partial charge in [0.05, 0.1) is 49.9 Å². The summed E-state index contributed by atoms with van der Waals surface area (Å²) in [6.45, 7) is 3.56. The molecule has 0 bridgehead atoms. The van der Waals surface area contributed by atoms with Crippen molar-refractivity contribution in [2.24, 2.45) is 0 Å². The monoisotopic (exact) mass is 791 g/mol. The number of carbonyl (C=O) groups excluding carboxylic acids is 4. The van der Waals surface area contributed by atoms with Gasteiger partial charge in [-0.2, -0.15) is 0 Å². The topological polar surface area (TPSA) is 286 Å². The van der Waals surface area contributed by atoms with Gasteiger partial charge < -0.3 is 46.2 Å². The molecule has 0 unspecified atom stereocenters. The summed E-state index contributed by atoms with van der Waals surface area (Å²) in [5.41, 5.74) is 0.680. The smallest absolute Gasteiger partial charge is 0.475 e. The second-order valence-corrected chi connectivity index (χ2v) is 13.9. The SMILES string of the molecule is C[C@@H](NC(=O)c1ccc(CNC(=O)CCCNC(=O)CN2CCN(CC(=O)O)CCN(CC(=O)O)CCN(CC(=O)O)CC2)nc1)C(=O)N1CCC[C@H]1B(O)O. The third kappa shape index (κ3) is 16.6. The lowest BCUT2D eigenvalue weighted by Crippen LogP contribution is -2.52. The van der Waals surface area contributed by atoms with Gasteiger partial charge in [-0.05, 0) is 38.3 Å². The standard InChI is InChI=1S/C34H54BN9O12/c1-24(34(54)44-9-3-4-27(44)35(55)56)39-33(53)25-6-7-26(37-18-25)19-38-28(45)5-2-8-36-29(46)20-40-10-12-41(21-30(47)48)14-16-43(23-32(51)52)17-15-42(13-11-40)22-31(49)50/h6-7,18,24,27,55-56H,2-5,8-17,19-23H2,1H3,(H,36,46)(H,38,45)(H,39,53)(H,47,48)(H,49,50)(H,51,52)/t24-,27+/m1/s1. The number of hydrogen-bond donors (Lipinski definition) is 8. The second-order valence-electron chi connectivity index (χ2n) is 13.9. The summed E-state index contributed by atoms with van der Waals surface area (Å²) >= 11 is 0. The van der Waals surface area contributed by atoms with Crippen LogP contribution in [0.25, 0.3) is 0 Å². The second kappa shape index (κ2) is 23.4. The lowest BCUT2D eigenvalue weighted by atomic mass is 9.78. The third-order valence-electron chi connectivity index (χ3n) is 9.47. The number of pyridine rings is 1. The number of likely N-dealkylation sites (tertiary alicyclic amines) is 1. The fourth-order valence-corrected chi connectivity index (χ4v) is 6.43. The van der Waals surface area contributed by atoms with E-state index in [-0.39, 0.29) is 102 Å². The Balaban J connectivity index is 1.42. The van der Waals surface area contributed by atoms with Crippen molar-refractivity contribution < 1.29 is 58.9 Å². The van der Waals surface area contributed by atoms with E-state index in [4.69, 9.17) is 0 Å². The van der Waals surface area contributed by atoms with Crippen LogP contribution >= 0.6 is 0 Å². The number of aliphatic carboxylic acids is 3. The number of nitrogens with one attached hydrogen (secondary N) is 3. The van der Waals surface area contributed by atoms with Crippen molar-refractivity contribution in [2.75, 3.05) is 91.6 Å². The molecule has 0 saturated carbocycles. The maximum Gasteiger partial charge on any atom is 0.475 e. The molecule has 0 spiro atoms. The first-order valence-electron chi connectivity index (χ1n) is 18.6. The van der Waals surface area contributed by atoms with Crippen LogP contribution in [0.2, 0.25) is 0 Å². The predicted octanol–water partition coefficient (Wildman–Crippen LogP) is -3.81. The van der Waals surface area contributed by atoms with E-state index >= 15 is 0 Å². The zero-order valence-corrected chi connectivity index (χ0v) is 31.7. The maximum absolute atomic E-state index is 12.9. The zero-order chi connectivity index (χ0) is 41.2. The molecular formula is C34H54BN9O12. The van der Waals surface area contributed by atoms with E-state index in [1.165, 1.54) is 24.1 Å². The lowest BCUT2D eigenvalue weighted by molar-refractivity contribution is -0.140. The third-order valence-corrected chi connectivity index (χ3v) is 9.47. The maximum atomic E-state index is 12.9. The number of carboxylic acids is 3. The molecule has 3 rings (SSSR count). The van der Waals surface area contributed by atoms with Gasteiger partial charge in [0.15, 0.2) is 0 Å². The molecule has 2 aliphatic rings. The van der Waals surface area contributed by atoms with Crippen molar-refractivity contribution in [1.82, 2.24) is 45.4 Å². The van der Waals surface area contributed by atoms with Crippen molar-refractivity contribution in [3.63, 3.8) is 0 Å². The Morgan fingerprint density at radius 2 is 1.27 bits per heavy atom. The van der Waals surface area contributed by atoms with E-state index in [1.54, 1.807) is 25.7 Å². The highest BCUT2D eigenvalue weighted by molar-refractivity contribution is 6.43. The Bertz CT molecular complexity index is 1470. The van der Waals surface area contributed by atoms with Crippen molar-refractivity contribution in [1.29, 1.82) is 0 Å². The summed E-state index contributed by atoms with van der Waals surface area (Å²) in [5.74, 6) is -5.41. The average molecular weight is 792 g/mol. The molecular weight excluding hydrogens is 737 g/mol. The van der Waals surface area contributed by atoms with Gasteiger partial charge in [-0.15, -0.1) is 0 Å². The van der Waals surface area contributed by atoms with Gasteiger partial charge in [-0.1, -0.05) is 0 Å². The molecule has 0 aliphatic carbocycles. The predicted molar refractivity (Wildman–Crippen MR) is 199 cm³/mol. The summed E-state index contributed by atoms with van der Waals surface area (Å²) in [5, 5.41) is 55.3. The first kappa shape index (κ1) is 45.7. The molecule has 4 amide bonds. The lowest BCUT2D eigenvalue weighted by Gasteiger charge is -2.32.